The summed E-state index contributed by atoms with van der Waals surface area (Å²) in [5, 5.41) is 54.3. The molecule has 63 heavy (non-hydrogen) atoms. The average Bonchev–Trinajstić information content (AvgIpc) is 3.28. The van der Waals surface area contributed by atoms with Crippen molar-refractivity contribution in [1.29, 1.82) is 0 Å². The van der Waals surface area contributed by atoms with Crippen molar-refractivity contribution in [2.45, 2.75) is 314 Å². The summed E-state index contributed by atoms with van der Waals surface area (Å²) in [6.07, 6.45) is 47.2. The van der Waals surface area contributed by atoms with Gasteiger partial charge in [0, 0.05) is 6.42 Å². The Morgan fingerprint density at radius 1 is 0.524 bits per heavy atom. The third kappa shape index (κ3) is 34.8. The van der Waals surface area contributed by atoms with Gasteiger partial charge < -0.3 is 40.3 Å². The van der Waals surface area contributed by atoms with E-state index in [1.165, 1.54) is 212 Å². The summed E-state index contributed by atoms with van der Waals surface area (Å²) in [5.74, 6) is -0.172. The Bertz CT molecular complexity index is 997. The van der Waals surface area contributed by atoms with Crippen LogP contribution in [0.3, 0.4) is 0 Å². The molecule has 6 N–H and O–H groups in total. The summed E-state index contributed by atoms with van der Waals surface area (Å²) in [6.45, 7) is 3.79. The number of ether oxygens (including phenoxy) is 2. The predicted molar refractivity (Wildman–Crippen MR) is 263 cm³/mol. The molecule has 1 saturated heterocycles. The third-order valence-corrected chi connectivity index (χ3v) is 13.4. The van der Waals surface area contributed by atoms with Gasteiger partial charge in [-0.05, 0) is 19.3 Å². The SMILES string of the molecule is CCCCCCCCCCCC/C=C/C(O)C(COC1OC(CO)C(O)C(O)C1O)NC(=O)CCCCCCCCCCCCCCCCCCCCCCCCCCCCCC. The summed E-state index contributed by atoms with van der Waals surface area (Å²) >= 11 is 0. The summed E-state index contributed by atoms with van der Waals surface area (Å²) < 4.78 is 11.2. The molecule has 9 heteroatoms. The Hall–Kier alpha value is -1.07. The first-order valence-electron chi connectivity index (χ1n) is 27.4. The molecule has 7 unspecified atom stereocenters. The maximum Gasteiger partial charge on any atom is 0.220 e. The average molecular weight is 896 g/mol. The van der Waals surface area contributed by atoms with Gasteiger partial charge in [0.15, 0.2) is 6.29 Å². The van der Waals surface area contributed by atoms with Crippen LogP contribution in [-0.2, 0) is 14.3 Å². The van der Waals surface area contributed by atoms with E-state index in [2.05, 4.69) is 19.2 Å². The third-order valence-electron chi connectivity index (χ3n) is 13.4. The number of hydrogen-bond acceptors (Lipinski definition) is 8. The molecule has 1 aliphatic heterocycles. The zero-order valence-electron chi connectivity index (χ0n) is 41.4. The zero-order valence-corrected chi connectivity index (χ0v) is 41.4. The Morgan fingerprint density at radius 3 is 1.24 bits per heavy atom. The number of aliphatic hydroxyl groups is 5. The summed E-state index contributed by atoms with van der Waals surface area (Å²) in [7, 11) is 0. The second-order valence-electron chi connectivity index (χ2n) is 19.4. The first kappa shape index (κ1) is 59.9. The molecule has 0 radical (unpaired) electrons. The van der Waals surface area contributed by atoms with Gasteiger partial charge in [-0.1, -0.05) is 257 Å². The first-order chi connectivity index (χ1) is 30.8. The first-order valence-corrected chi connectivity index (χ1v) is 27.4. The number of nitrogens with one attached hydrogen (secondary N) is 1. The maximum atomic E-state index is 13.0. The number of amides is 1. The van der Waals surface area contributed by atoms with Crippen molar-refractivity contribution in [3.63, 3.8) is 0 Å². The molecule has 1 amide bonds. The second kappa shape index (κ2) is 44.7. The van der Waals surface area contributed by atoms with E-state index in [4.69, 9.17) is 9.47 Å². The molecule has 7 atom stereocenters. The molecule has 0 spiro atoms. The maximum absolute atomic E-state index is 13.0. The van der Waals surface area contributed by atoms with E-state index in [1.807, 2.05) is 6.08 Å². The van der Waals surface area contributed by atoms with Gasteiger partial charge in [-0.2, -0.15) is 0 Å². The van der Waals surface area contributed by atoms with E-state index >= 15 is 0 Å². The van der Waals surface area contributed by atoms with Gasteiger partial charge in [-0.25, -0.2) is 0 Å². The highest BCUT2D eigenvalue weighted by Gasteiger charge is 2.44. The fourth-order valence-corrected chi connectivity index (χ4v) is 8.98. The molecule has 9 nitrogen and oxygen atoms in total. The van der Waals surface area contributed by atoms with Crippen LogP contribution in [0.1, 0.15) is 271 Å². The molecule has 0 aromatic carbocycles. The van der Waals surface area contributed by atoms with E-state index in [0.717, 1.165) is 38.5 Å². The Balaban J connectivity index is 2.14. The number of aliphatic hydroxyl groups excluding tert-OH is 5. The molecular formula is C54H105NO8. The van der Waals surface area contributed by atoms with Gasteiger partial charge in [-0.15, -0.1) is 0 Å². The lowest BCUT2D eigenvalue weighted by Gasteiger charge is -2.40. The highest BCUT2D eigenvalue weighted by Crippen LogP contribution is 2.23. The monoisotopic (exact) mass is 896 g/mol. The van der Waals surface area contributed by atoms with Crippen LogP contribution in [-0.4, -0.2) is 87.5 Å². The lowest BCUT2D eigenvalue weighted by Crippen LogP contribution is -2.60. The minimum atomic E-state index is -1.56. The van der Waals surface area contributed by atoms with E-state index in [0.29, 0.717) is 6.42 Å². The van der Waals surface area contributed by atoms with Crippen LogP contribution in [0, 0.1) is 0 Å². The molecule has 0 aromatic rings. The predicted octanol–water partition coefficient (Wildman–Crippen LogP) is 12.8. The molecule has 0 aliphatic carbocycles. The van der Waals surface area contributed by atoms with Crippen LogP contribution in [0.4, 0.5) is 0 Å². The van der Waals surface area contributed by atoms with E-state index in [1.54, 1.807) is 6.08 Å². The van der Waals surface area contributed by atoms with Crippen molar-refractivity contribution in [3.05, 3.63) is 12.2 Å². The molecule has 1 fully saturated rings. The van der Waals surface area contributed by atoms with Crippen LogP contribution in [0.25, 0.3) is 0 Å². The smallest absolute Gasteiger partial charge is 0.220 e. The molecule has 0 saturated carbocycles. The van der Waals surface area contributed by atoms with Crippen LogP contribution >= 0.6 is 0 Å². The molecular weight excluding hydrogens is 791 g/mol. The fourth-order valence-electron chi connectivity index (χ4n) is 8.98. The van der Waals surface area contributed by atoms with Gasteiger partial charge in [0.2, 0.25) is 5.91 Å². The van der Waals surface area contributed by atoms with Crippen LogP contribution in [0.5, 0.6) is 0 Å². The summed E-state index contributed by atoms with van der Waals surface area (Å²) in [4.78, 5) is 13.0. The number of hydrogen-bond donors (Lipinski definition) is 6. The number of unbranched alkanes of at least 4 members (excludes halogenated alkanes) is 37. The molecule has 1 aliphatic rings. The van der Waals surface area contributed by atoms with Crippen molar-refractivity contribution < 1.29 is 39.8 Å². The van der Waals surface area contributed by atoms with Gasteiger partial charge in [0.05, 0.1) is 25.4 Å². The number of carbonyl (C=O) groups excluding carboxylic acids is 1. The lowest BCUT2D eigenvalue weighted by molar-refractivity contribution is -0.302. The highest BCUT2D eigenvalue weighted by atomic mass is 16.7. The van der Waals surface area contributed by atoms with Gasteiger partial charge in [0.25, 0.3) is 0 Å². The standard InChI is InChI=1S/C54H105NO8/c1-3-5-7-9-11-13-15-17-18-19-20-21-22-23-24-25-26-27-28-29-30-31-32-34-36-38-40-42-44-50(58)55-47(46-62-54-53(61)52(60)51(59)49(45-56)63-54)48(57)43-41-39-37-35-33-16-14-12-10-8-6-4-2/h41,43,47-49,51-54,56-57,59-61H,3-40,42,44-46H2,1-2H3,(H,55,58)/b43-41+. The minimum Gasteiger partial charge on any atom is -0.394 e. The van der Waals surface area contributed by atoms with Crippen LogP contribution in [0.15, 0.2) is 12.2 Å². The van der Waals surface area contributed by atoms with Crippen molar-refractivity contribution in [3.8, 4) is 0 Å². The van der Waals surface area contributed by atoms with Gasteiger partial charge in [-0.3, -0.25) is 4.79 Å². The number of allylic oxidation sites excluding steroid dienone is 1. The van der Waals surface area contributed by atoms with E-state index in [9.17, 15) is 30.3 Å². The quantitative estimate of drug-likeness (QED) is 0.0261. The molecule has 0 bridgehead atoms. The zero-order chi connectivity index (χ0) is 45.9. The molecule has 0 aromatic heterocycles. The van der Waals surface area contributed by atoms with E-state index < -0.39 is 49.5 Å². The van der Waals surface area contributed by atoms with Gasteiger partial charge >= 0.3 is 0 Å². The Kier molecular flexibility index (Phi) is 42.6. The lowest BCUT2D eigenvalue weighted by atomic mass is 9.99. The highest BCUT2D eigenvalue weighted by molar-refractivity contribution is 5.76. The van der Waals surface area contributed by atoms with Crippen molar-refractivity contribution in [1.82, 2.24) is 5.32 Å². The topological polar surface area (TPSA) is 149 Å². The van der Waals surface area contributed by atoms with E-state index in [-0.39, 0.29) is 12.5 Å². The van der Waals surface area contributed by atoms with Crippen LogP contribution < -0.4 is 5.32 Å². The number of rotatable bonds is 47. The van der Waals surface area contributed by atoms with Crippen molar-refractivity contribution >= 4 is 5.91 Å². The number of carbonyl (C=O) groups is 1. The minimum absolute atomic E-state index is 0.172. The van der Waals surface area contributed by atoms with Crippen LogP contribution in [0.2, 0.25) is 0 Å². The Morgan fingerprint density at radius 2 is 0.873 bits per heavy atom. The summed E-state index contributed by atoms with van der Waals surface area (Å²) in [6, 6.07) is -0.799. The largest absolute Gasteiger partial charge is 0.394 e. The molecule has 1 rings (SSSR count). The summed E-state index contributed by atoms with van der Waals surface area (Å²) in [5.41, 5.74) is 0. The normalized spacial score (nSPS) is 20.1. The fraction of sp³-hybridized carbons (Fsp3) is 0.944. The van der Waals surface area contributed by atoms with Crippen molar-refractivity contribution in [2.75, 3.05) is 13.2 Å². The molecule has 1 heterocycles. The molecule has 374 valence electrons. The van der Waals surface area contributed by atoms with Gasteiger partial charge in [0.1, 0.15) is 24.4 Å². The van der Waals surface area contributed by atoms with Crippen molar-refractivity contribution in [2.24, 2.45) is 0 Å². The Labute approximate surface area is 388 Å². The second-order valence-corrected chi connectivity index (χ2v) is 19.4.